The van der Waals surface area contributed by atoms with Gasteiger partial charge in [-0.25, -0.2) is 0 Å². The minimum atomic E-state index is 0.265. The second kappa shape index (κ2) is 3.62. The van der Waals surface area contributed by atoms with Gasteiger partial charge in [0.2, 0.25) is 0 Å². The molecule has 2 nitrogen and oxygen atoms in total. The van der Waals surface area contributed by atoms with Gasteiger partial charge in [-0.3, -0.25) is 4.79 Å². The summed E-state index contributed by atoms with van der Waals surface area (Å²) in [6, 6.07) is 0. The first kappa shape index (κ1) is 9.53. The molecule has 2 aliphatic rings. The fourth-order valence-corrected chi connectivity index (χ4v) is 3.43. The van der Waals surface area contributed by atoms with Gasteiger partial charge in [0.1, 0.15) is 0 Å². The van der Waals surface area contributed by atoms with Crippen LogP contribution in [0.5, 0.6) is 0 Å². The maximum atomic E-state index is 10.9. The van der Waals surface area contributed by atoms with Gasteiger partial charge in [0.05, 0.1) is 0 Å². The standard InChI is InChI=1S/C10H17NOS/c1-8(12)13-6-9-5-11-7-10(9)3-2-4-10/h9,11H,2-7H2,1H3. The second-order valence-electron chi connectivity index (χ2n) is 4.35. The summed E-state index contributed by atoms with van der Waals surface area (Å²) in [5, 5.41) is 3.73. The van der Waals surface area contributed by atoms with Crippen molar-refractivity contribution in [1.82, 2.24) is 5.32 Å². The van der Waals surface area contributed by atoms with E-state index in [1.165, 1.54) is 37.6 Å². The number of hydrogen-bond donors (Lipinski definition) is 1. The van der Waals surface area contributed by atoms with Gasteiger partial charge in [0.25, 0.3) is 0 Å². The summed E-state index contributed by atoms with van der Waals surface area (Å²) >= 11 is 1.50. The minimum Gasteiger partial charge on any atom is -0.316 e. The van der Waals surface area contributed by atoms with Crippen molar-refractivity contribution in [3.05, 3.63) is 0 Å². The Bertz CT molecular complexity index is 213. The third-order valence-corrected chi connectivity index (χ3v) is 4.55. The Morgan fingerprint density at radius 3 is 2.92 bits per heavy atom. The summed E-state index contributed by atoms with van der Waals surface area (Å²) < 4.78 is 0. The molecule has 0 aromatic carbocycles. The van der Waals surface area contributed by atoms with Crippen LogP contribution in [0.1, 0.15) is 26.2 Å². The molecule has 1 aliphatic carbocycles. The fourth-order valence-electron chi connectivity index (χ4n) is 2.53. The maximum absolute atomic E-state index is 10.9. The van der Waals surface area contributed by atoms with Gasteiger partial charge in [-0.1, -0.05) is 18.2 Å². The molecule has 2 fully saturated rings. The summed E-state index contributed by atoms with van der Waals surface area (Å²) in [5.74, 6) is 1.78. The number of hydrogen-bond acceptors (Lipinski definition) is 3. The predicted octanol–water partition coefficient (Wildman–Crippen LogP) is 1.66. The van der Waals surface area contributed by atoms with Gasteiger partial charge in [0.15, 0.2) is 5.12 Å². The van der Waals surface area contributed by atoms with Crippen molar-refractivity contribution < 1.29 is 4.79 Å². The molecular formula is C10H17NOS. The number of rotatable bonds is 2. The molecule has 74 valence electrons. The molecule has 1 N–H and O–H groups in total. The fraction of sp³-hybridized carbons (Fsp3) is 0.900. The highest BCUT2D eigenvalue weighted by Crippen LogP contribution is 2.49. The van der Waals surface area contributed by atoms with Crippen molar-refractivity contribution in [3.63, 3.8) is 0 Å². The van der Waals surface area contributed by atoms with Crippen LogP contribution in [0.4, 0.5) is 0 Å². The number of nitrogens with one attached hydrogen (secondary N) is 1. The van der Waals surface area contributed by atoms with Gasteiger partial charge < -0.3 is 5.32 Å². The monoisotopic (exact) mass is 199 g/mol. The number of carbonyl (C=O) groups excluding carboxylic acids is 1. The zero-order valence-corrected chi connectivity index (χ0v) is 8.95. The largest absolute Gasteiger partial charge is 0.316 e. The normalized spacial score (nSPS) is 30.4. The molecule has 1 saturated carbocycles. The molecule has 0 amide bonds. The van der Waals surface area contributed by atoms with E-state index in [1.807, 2.05) is 0 Å². The molecule has 0 radical (unpaired) electrons. The van der Waals surface area contributed by atoms with Crippen LogP contribution in [-0.2, 0) is 4.79 Å². The zero-order valence-electron chi connectivity index (χ0n) is 8.14. The van der Waals surface area contributed by atoms with Crippen LogP contribution in [0.2, 0.25) is 0 Å². The summed E-state index contributed by atoms with van der Waals surface area (Å²) in [6.07, 6.45) is 4.15. The van der Waals surface area contributed by atoms with Crippen molar-refractivity contribution in [2.75, 3.05) is 18.8 Å². The molecule has 1 spiro atoms. The lowest BCUT2D eigenvalue weighted by Crippen LogP contribution is -2.38. The van der Waals surface area contributed by atoms with Crippen LogP contribution in [0.3, 0.4) is 0 Å². The van der Waals surface area contributed by atoms with E-state index in [4.69, 9.17) is 0 Å². The Morgan fingerprint density at radius 1 is 1.62 bits per heavy atom. The lowest BCUT2D eigenvalue weighted by atomic mass is 9.63. The smallest absolute Gasteiger partial charge is 0.185 e. The topological polar surface area (TPSA) is 29.1 Å². The second-order valence-corrected chi connectivity index (χ2v) is 5.54. The zero-order chi connectivity index (χ0) is 9.31. The van der Waals surface area contributed by atoms with E-state index in [2.05, 4.69) is 5.32 Å². The minimum absolute atomic E-state index is 0.265. The van der Waals surface area contributed by atoms with Crippen LogP contribution in [0.15, 0.2) is 0 Å². The van der Waals surface area contributed by atoms with Crippen molar-refractivity contribution in [1.29, 1.82) is 0 Å². The summed E-state index contributed by atoms with van der Waals surface area (Å²) in [5.41, 5.74) is 0.586. The third kappa shape index (κ3) is 1.77. The van der Waals surface area contributed by atoms with E-state index in [0.717, 1.165) is 18.2 Å². The predicted molar refractivity (Wildman–Crippen MR) is 55.8 cm³/mol. The summed E-state index contributed by atoms with van der Waals surface area (Å²) in [4.78, 5) is 10.9. The Labute approximate surface area is 83.8 Å². The Hall–Kier alpha value is -0.0200. The Morgan fingerprint density at radius 2 is 2.38 bits per heavy atom. The molecule has 1 heterocycles. The molecule has 0 aromatic rings. The molecule has 13 heavy (non-hydrogen) atoms. The lowest BCUT2D eigenvalue weighted by Gasteiger charge is -2.42. The first-order valence-corrected chi connectivity index (χ1v) is 6.06. The van der Waals surface area contributed by atoms with Crippen LogP contribution in [-0.4, -0.2) is 24.0 Å². The van der Waals surface area contributed by atoms with Crippen molar-refractivity contribution in [2.45, 2.75) is 26.2 Å². The molecular weight excluding hydrogens is 182 g/mol. The van der Waals surface area contributed by atoms with E-state index in [-0.39, 0.29) is 5.12 Å². The molecule has 3 heteroatoms. The maximum Gasteiger partial charge on any atom is 0.185 e. The van der Waals surface area contributed by atoms with Gasteiger partial charge in [-0.05, 0) is 30.7 Å². The van der Waals surface area contributed by atoms with Crippen LogP contribution < -0.4 is 5.32 Å². The highest BCUT2D eigenvalue weighted by atomic mass is 32.2. The van der Waals surface area contributed by atoms with Gasteiger partial charge in [-0.2, -0.15) is 0 Å². The highest BCUT2D eigenvalue weighted by molar-refractivity contribution is 8.13. The Kier molecular flexibility index (Phi) is 2.65. The van der Waals surface area contributed by atoms with Crippen molar-refractivity contribution >= 4 is 16.9 Å². The molecule has 2 rings (SSSR count). The molecule has 0 aromatic heterocycles. The van der Waals surface area contributed by atoms with Gasteiger partial charge in [-0.15, -0.1) is 0 Å². The van der Waals surface area contributed by atoms with Crippen LogP contribution in [0.25, 0.3) is 0 Å². The van der Waals surface area contributed by atoms with Gasteiger partial charge >= 0.3 is 0 Å². The highest BCUT2D eigenvalue weighted by Gasteiger charge is 2.46. The lowest BCUT2D eigenvalue weighted by molar-refractivity contribution is -0.109. The van der Waals surface area contributed by atoms with Crippen LogP contribution in [0, 0.1) is 11.3 Å². The van der Waals surface area contributed by atoms with E-state index >= 15 is 0 Å². The molecule has 1 aliphatic heterocycles. The average Bonchev–Trinajstić information content (AvgIpc) is 2.42. The third-order valence-electron chi connectivity index (χ3n) is 3.57. The van der Waals surface area contributed by atoms with E-state index < -0.39 is 0 Å². The summed E-state index contributed by atoms with van der Waals surface area (Å²) in [7, 11) is 0. The number of thioether (sulfide) groups is 1. The summed E-state index contributed by atoms with van der Waals surface area (Å²) in [6.45, 7) is 3.98. The van der Waals surface area contributed by atoms with Crippen molar-refractivity contribution in [3.8, 4) is 0 Å². The average molecular weight is 199 g/mol. The molecule has 0 bridgehead atoms. The van der Waals surface area contributed by atoms with Crippen molar-refractivity contribution in [2.24, 2.45) is 11.3 Å². The van der Waals surface area contributed by atoms with Gasteiger partial charge in [0, 0.05) is 19.2 Å². The first-order chi connectivity index (χ1) is 6.23. The first-order valence-electron chi connectivity index (χ1n) is 5.07. The van der Waals surface area contributed by atoms with E-state index in [9.17, 15) is 4.79 Å². The van der Waals surface area contributed by atoms with E-state index in [0.29, 0.717) is 5.41 Å². The number of carbonyl (C=O) groups is 1. The quantitative estimate of drug-likeness (QED) is 0.733. The SMILES string of the molecule is CC(=O)SCC1CNCC12CCC2. The molecule has 1 unspecified atom stereocenters. The Balaban J connectivity index is 1.87. The molecule has 1 atom stereocenters. The van der Waals surface area contributed by atoms with Crippen LogP contribution >= 0.6 is 11.8 Å². The molecule has 1 saturated heterocycles. The van der Waals surface area contributed by atoms with E-state index in [1.54, 1.807) is 6.92 Å².